The van der Waals surface area contributed by atoms with Gasteiger partial charge in [-0.05, 0) is 12.1 Å². The maximum absolute atomic E-state index is 11.6. The molecule has 1 aromatic rings. The standard InChI is InChI=1S/C7H9ClN2O4S2/c1-10(2)16(13,14)6-3-4-7(9-5-6)15(8,11)12/h3-5H,1-2H3. The number of hydrogen-bond donors (Lipinski definition) is 0. The Hall–Kier alpha value is -0.700. The summed E-state index contributed by atoms with van der Waals surface area (Å²) in [7, 11) is 0.224. The van der Waals surface area contributed by atoms with Crippen LogP contribution in [0, 0.1) is 0 Å². The maximum Gasteiger partial charge on any atom is 0.278 e. The molecule has 0 N–H and O–H groups in total. The van der Waals surface area contributed by atoms with Crippen LogP contribution in [-0.2, 0) is 19.1 Å². The van der Waals surface area contributed by atoms with Crippen molar-refractivity contribution >= 4 is 29.8 Å². The summed E-state index contributed by atoms with van der Waals surface area (Å²) in [6.07, 6.45) is 0.949. The fourth-order valence-corrected chi connectivity index (χ4v) is 2.40. The van der Waals surface area contributed by atoms with E-state index in [4.69, 9.17) is 10.7 Å². The zero-order valence-electron chi connectivity index (χ0n) is 8.45. The van der Waals surface area contributed by atoms with Gasteiger partial charge >= 0.3 is 0 Å². The zero-order valence-corrected chi connectivity index (χ0v) is 10.8. The van der Waals surface area contributed by atoms with Gasteiger partial charge in [-0.25, -0.2) is 26.1 Å². The van der Waals surface area contributed by atoms with Gasteiger partial charge in [-0.1, -0.05) is 0 Å². The third-order valence-electron chi connectivity index (χ3n) is 1.74. The average Bonchev–Trinajstić information content (AvgIpc) is 2.16. The first kappa shape index (κ1) is 13.4. The fourth-order valence-electron chi connectivity index (χ4n) is 0.874. The quantitative estimate of drug-likeness (QED) is 0.743. The number of halogens is 1. The van der Waals surface area contributed by atoms with Gasteiger partial charge in [0.2, 0.25) is 10.0 Å². The van der Waals surface area contributed by atoms with Crippen LogP contribution in [0.5, 0.6) is 0 Å². The molecule has 1 heterocycles. The fraction of sp³-hybridized carbons (Fsp3) is 0.286. The molecule has 0 amide bonds. The lowest BCUT2D eigenvalue weighted by molar-refractivity contribution is 0.520. The highest BCUT2D eigenvalue weighted by Gasteiger charge is 2.19. The number of hydrogen-bond acceptors (Lipinski definition) is 5. The second-order valence-electron chi connectivity index (χ2n) is 3.06. The number of aromatic nitrogens is 1. The van der Waals surface area contributed by atoms with Gasteiger partial charge in [0.05, 0.1) is 0 Å². The molecular formula is C7H9ClN2O4S2. The van der Waals surface area contributed by atoms with Crippen LogP contribution in [0.1, 0.15) is 0 Å². The number of rotatable bonds is 3. The SMILES string of the molecule is CN(C)S(=O)(=O)c1ccc(S(=O)(=O)Cl)nc1. The van der Waals surface area contributed by atoms with Gasteiger partial charge in [-0.2, -0.15) is 0 Å². The summed E-state index contributed by atoms with van der Waals surface area (Å²) >= 11 is 0. The Kier molecular flexibility index (Phi) is 3.58. The van der Waals surface area contributed by atoms with Crippen molar-refractivity contribution < 1.29 is 16.8 Å². The Labute approximate surface area is 98.3 Å². The summed E-state index contributed by atoms with van der Waals surface area (Å²) in [5.74, 6) is 0. The van der Waals surface area contributed by atoms with E-state index in [-0.39, 0.29) is 9.92 Å². The van der Waals surface area contributed by atoms with Gasteiger partial charge in [0, 0.05) is 31.0 Å². The van der Waals surface area contributed by atoms with Crippen LogP contribution in [0.25, 0.3) is 0 Å². The van der Waals surface area contributed by atoms with Crippen molar-refractivity contribution in [3.63, 3.8) is 0 Å². The smallest absolute Gasteiger partial charge is 0.242 e. The van der Waals surface area contributed by atoms with Crippen molar-refractivity contribution in [1.29, 1.82) is 0 Å². The van der Waals surface area contributed by atoms with E-state index < -0.39 is 19.1 Å². The summed E-state index contributed by atoms with van der Waals surface area (Å²) in [6, 6.07) is 2.18. The van der Waals surface area contributed by atoms with Crippen molar-refractivity contribution in [2.75, 3.05) is 14.1 Å². The molecular weight excluding hydrogens is 276 g/mol. The van der Waals surface area contributed by atoms with Crippen LogP contribution in [0.2, 0.25) is 0 Å². The van der Waals surface area contributed by atoms with Crippen LogP contribution in [-0.4, -0.2) is 40.2 Å². The molecule has 0 bridgehead atoms. The second-order valence-corrected chi connectivity index (χ2v) is 7.72. The molecule has 90 valence electrons. The molecule has 1 aromatic heterocycles. The molecule has 0 saturated carbocycles. The lowest BCUT2D eigenvalue weighted by Gasteiger charge is -2.10. The highest BCUT2D eigenvalue weighted by Crippen LogP contribution is 2.16. The molecule has 0 aromatic carbocycles. The lowest BCUT2D eigenvalue weighted by Crippen LogP contribution is -2.22. The van der Waals surface area contributed by atoms with Crippen molar-refractivity contribution in [3.8, 4) is 0 Å². The number of nitrogens with zero attached hydrogens (tertiary/aromatic N) is 2. The van der Waals surface area contributed by atoms with E-state index in [1.807, 2.05) is 0 Å². The molecule has 0 fully saturated rings. The van der Waals surface area contributed by atoms with Crippen molar-refractivity contribution in [3.05, 3.63) is 18.3 Å². The molecule has 0 radical (unpaired) electrons. The van der Waals surface area contributed by atoms with Gasteiger partial charge in [0.1, 0.15) is 4.90 Å². The highest BCUT2D eigenvalue weighted by atomic mass is 35.7. The third kappa shape index (κ3) is 2.70. The average molecular weight is 285 g/mol. The van der Waals surface area contributed by atoms with Crippen LogP contribution >= 0.6 is 10.7 Å². The van der Waals surface area contributed by atoms with Crippen molar-refractivity contribution in [1.82, 2.24) is 9.29 Å². The highest BCUT2D eigenvalue weighted by molar-refractivity contribution is 8.13. The first-order valence-electron chi connectivity index (χ1n) is 3.99. The minimum absolute atomic E-state index is 0.0958. The van der Waals surface area contributed by atoms with E-state index in [2.05, 4.69) is 4.98 Å². The molecule has 1 rings (SSSR count). The summed E-state index contributed by atoms with van der Waals surface area (Å²) in [4.78, 5) is 3.38. The Balaban J connectivity index is 3.25. The summed E-state index contributed by atoms with van der Waals surface area (Å²) in [5.41, 5.74) is 0. The van der Waals surface area contributed by atoms with Crippen LogP contribution in [0.15, 0.2) is 28.3 Å². The van der Waals surface area contributed by atoms with E-state index >= 15 is 0 Å². The molecule has 16 heavy (non-hydrogen) atoms. The molecule has 0 spiro atoms. The molecule has 0 aliphatic heterocycles. The van der Waals surface area contributed by atoms with Gasteiger partial charge in [0.15, 0.2) is 5.03 Å². The molecule has 0 atom stereocenters. The van der Waals surface area contributed by atoms with E-state index in [1.165, 1.54) is 14.1 Å². The van der Waals surface area contributed by atoms with E-state index in [1.54, 1.807) is 0 Å². The van der Waals surface area contributed by atoms with E-state index in [0.29, 0.717) is 0 Å². The largest absolute Gasteiger partial charge is 0.278 e. The third-order valence-corrected chi connectivity index (χ3v) is 4.75. The Bertz CT molecular complexity index is 577. The topological polar surface area (TPSA) is 84.4 Å². The van der Waals surface area contributed by atoms with Gasteiger partial charge in [-0.15, -0.1) is 0 Å². The van der Waals surface area contributed by atoms with Crippen molar-refractivity contribution in [2.45, 2.75) is 9.92 Å². The molecule has 6 nitrogen and oxygen atoms in total. The van der Waals surface area contributed by atoms with E-state index in [9.17, 15) is 16.8 Å². The number of sulfonamides is 1. The zero-order chi connectivity index (χ0) is 12.6. The Morgan fingerprint density at radius 3 is 2.06 bits per heavy atom. The van der Waals surface area contributed by atoms with Gasteiger partial charge in [-0.3, -0.25) is 0 Å². The summed E-state index contributed by atoms with van der Waals surface area (Å²) in [6.45, 7) is 0. The van der Waals surface area contributed by atoms with Crippen LogP contribution in [0.3, 0.4) is 0 Å². The minimum atomic E-state index is -3.93. The predicted octanol–water partition coefficient (Wildman–Crippen LogP) is 0.259. The Morgan fingerprint density at radius 1 is 1.19 bits per heavy atom. The first-order chi connectivity index (χ1) is 7.15. The van der Waals surface area contributed by atoms with Crippen molar-refractivity contribution in [2.24, 2.45) is 0 Å². The lowest BCUT2D eigenvalue weighted by atomic mass is 10.5. The maximum atomic E-state index is 11.6. The summed E-state index contributed by atoms with van der Waals surface area (Å²) in [5, 5.41) is -0.383. The molecule has 0 aliphatic rings. The molecule has 0 aliphatic carbocycles. The van der Waals surface area contributed by atoms with Gasteiger partial charge in [0.25, 0.3) is 9.05 Å². The number of pyridine rings is 1. The van der Waals surface area contributed by atoms with Gasteiger partial charge < -0.3 is 0 Å². The second kappa shape index (κ2) is 4.28. The van der Waals surface area contributed by atoms with Crippen LogP contribution in [0.4, 0.5) is 0 Å². The van der Waals surface area contributed by atoms with E-state index in [0.717, 1.165) is 22.6 Å². The molecule has 0 unspecified atom stereocenters. The Morgan fingerprint density at radius 2 is 1.75 bits per heavy atom. The summed E-state index contributed by atoms with van der Waals surface area (Å²) < 4.78 is 45.9. The normalized spacial score (nSPS) is 13.0. The molecule has 0 saturated heterocycles. The minimum Gasteiger partial charge on any atom is -0.242 e. The molecule has 9 heteroatoms. The predicted molar refractivity (Wildman–Crippen MR) is 58.1 cm³/mol. The van der Waals surface area contributed by atoms with Crippen LogP contribution < -0.4 is 0 Å². The monoisotopic (exact) mass is 284 g/mol. The first-order valence-corrected chi connectivity index (χ1v) is 7.74.